The van der Waals surface area contributed by atoms with Gasteiger partial charge in [-0.1, -0.05) is 6.08 Å². The molecule has 4 N–H and O–H groups in total. The molecule has 5 aliphatic rings. The van der Waals surface area contributed by atoms with Gasteiger partial charge in [0.25, 0.3) is 5.91 Å². The number of ether oxygens (including phenoxy) is 1. The molecule has 1 aromatic heterocycles. The molecule has 4 aliphatic carbocycles. The Morgan fingerprint density at radius 2 is 1.86 bits per heavy atom. The molecule has 37 heavy (non-hydrogen) atoms. The van der Waals surface area contributed by atoms with Gasteiger partial charge < -0.3 is 26.0 Å². The first-order valence-electron chi connectivity index (χ1n) is 13.6. The van der Waals surface area contributed by atoms with E-state index in [0.717, 1.165) is 32.1 Å². The van der Waals surface area contributed by atoms with Gasteiger partial charge in [0.1, 0.15) is 11.4 Å². The van der Waals surface area contributed by atoms with Gasteiger partial charge in [0, 0.05) is 37.3 Å². The zero-order chi connectivity index (χ0) is 26.4. The summed E-state index contributed by atoms with van der Waals surface area (Å²) >= 11 is 0. The average Bonchev–Trinajstić information content (AvgIpc) is 3.29. The number of nitrogens with zero attached hydrogens (tertiary/aromatic N) is 3. The highest BCUT2D eigenvalue weighted by atomic mass is 16.5. The number of nitrogens with one attached hydrogen (secondary N) is 2. The van der Waals surface area contributed by atoms with Gasteiger partial charge in [-0.15, -0.1) is 0 Å². The van der Waals surface area contributed by atoms with Crippen molar-refractivity contribution in [1.82, 2.24) is 20.4 Å². The van der Waals surface area contributed by atoms with Gasteiger partial charge in [-0.3, -0.25) is 14.4 Å². The molecule has 0 radical (unpaired) electrons. The summed E-state index contributed by atoms with van der Waals surface area (Å²) in [6, 6.07) is 0.0460. The first-order valence-corrected chi connectivity index (χ1v) is 13.6. The summed E-state index contributed by atoms with van der Waals surface area (Å²) in [6.45, 7) is 8.60. The lowest BCUT2D eigenvalue weighted by Gasteiger charge is -2.58. The number of anilines is 1. The van der Waals surface area contributed by atoms with E-state index in [9.17, 15) is 14.4 Å². The Morgan fingerprint density at radius 1 is 1.19 bits per heavy atom. The van der Waals surface area contributed by atoms with Crippen molar-refractivity contribution < 1.29 is 19.1 Å². The third-order valence-corrected chi connectivity index (χ3v) is 8.97. The molecule has 3 amide bonds. The molecular weight excluding hydrogens is 472 g/mol. The van der Waals surface area contributed by atoms with Crippen molar-refractivity contribution in [2.45, 2.75) is 58.9 Å². The van der Waals surface area contributed by atoms with Crippen LogP contribution in [0.2, 0.25) is 0 Å². The number of carbonyl (C=O) groups excluding carboxylic acids is 3. The van der Waals surface area contributed by atoms with E-state index in [1.807, 2.05) is 26.8 Å². The van der Waals surface area contributed by atoms with Gasteiger partial charge >= 0.3 is 0 Å². The van der Waals surface area contributed by atoms with Crippen LogP contribution in [0.25, 0.3) is 6.20 Å². The molecule has 2 atom stereocenters. The lowest BCUT2D eigenvalue weighted by atomic mass is 9.47. The average molecular weight is 513 g/mol. The molecule has 4 saturated carbocycles. The van der Waals surface area contributed by atoms with Crippen molar-refractivity contribution >= 4 is 29.7 Å². The van der Waals surface area contributed by atoms with E-state index >= 15 is 0 Å². The van der Waals surface area contributed by atoms with Gasteiger partial charge in [-0.25, -0.2) is 4.68 Å². The standard InChI is InChI=1S/C27H40N6O4/c1-4-29-25(36)26(2,3)5-6-33-23(32-7-9-37-10-8-32)20(16-30-33)22(34)31-21-18-11-17-12-19(21)15-27(13-17,14-18)24(28)35/h5-6,16-19,21H,4,7-15H2,1-3H3,(H2,28,35)(H,29,36)(H,31,34). The van der Waals surface area contributed by atoms with Crippen LogP contribution in [-0.2, 0) is 14.3 Å². The molecule has 2 unspecified atom stereocenters. The predicted molar refractivity (Wildman–Crippen MR) is 139 cm³/mol. The second-order valence-electron chi connectivity index (χ2n) is 11.9. The minimum atomic E-state index is -0.733. The number of rotatable bonds is 8. The molecule has 4 bridgehead atoms. The van der Waals surface area contributed by atoms with E-state index in [4.69, 9.17) is 10.5 Å². The van der Waals surface area contributed by atoms with Crippen molar-refractivity contribution in [3.63, 3.8) is 0 Å². The summed E-state index contributed by atoms with van der Waals surface area (Å²) in [6.07, 6.45) is 9.75. The maximum Gasteiger partial charge on any atom is 0.256 e. The fourth-order valence-corrected chi connectivity index (χ4v) is 7.23. The van der Waals surface area contributed by atoms with Crippen LogP contribution in [0, 0.1) is 28.6 Å². The molecule has 10 heteroatoms. The zero-order valence-electron chi connectivity index (χ0n) is 22.2. The molecule has 202 valence electrons. The first kappa shape index (κ1) is 25.8. The van der Waals surface area contributed by atoms with Crippen molar-refractivity contribution in [2.24, 2.45) is 34.3 Å². The molecule has 5 fully saturated rings. The Balaban J connectivity index is 1.39. The molecule has 2 heterocycles. The molecule has 10 nitrogen and oxygen atoms in total. The molecule has 0 aromatic carbocycles. The highest BCUT2D eigenvalue weighted by molar-refractivity contribution is 5.99. The van der Waals surface area contributed by atoms with Gasteiger partial charge in [0.2, 0.25) is 11.8 Å². The van der Waals surface area contributed by atoms with Gasteiger partial charge in [0.15, 0.2) is 0 Å². The molecule has 6 rings (SSSR count). The van der Waals surface area contributed by atoms with Crippen LogP contribution < -0.4 is 21.3 Å². The summed E-state index contributed by atoms with van der Waals surface area (Å²) < 4.78 is 7.24. The third kappa shape index (κ3) is 4.76. The number of aromatic nitrogens is 2. The van der Waals surface area contributed by atoms with Crippen molar-refractivity contribution in [3.05, 3.63) is 17.8 Å². The topological polar surface area (TPSA) is 132 Å². The van der Waals surface area contributed by atoms with E-state index in [1.54, 1.807) is 17.1 Å². The summed E-state index contributed by atoms with van der Waals surface area (Å²) in [7, 11) is 0. The molecular formula is C27H40N6O4. The monoisotopic (exact) mass is 512 g/mol. The minimum Gasteiger partial charge on any atom is -0.378 e. The number of nitrogens with two attached hydrogens (primary N) is 1. The second-order valence-corrected chi connectivity index (χ2v) is 11.9. The molecule has 0 spiro atoms. The van der Waals surface area contributed by atoms with Crippen LogP contribution in [0.4, 0.5) is 5.82 Å². The van der Waals surface area contributed by atoms with Crippen molar-refractivity contribution in [3.8, 4) is 0 Å². The zero-order valence-corrected chi connectivity index (χ0v) is 22.2. The fourth-order valence-electron chi connectivity index (χ4n) is 7.23. The Bertz CT molecular complexity index is 1070. The Hall–Kier alpha value is -2.88. The quantitative estimate of drug-likeness (QED) is 0.486. The Morgan fingerprint density at radius 3 is 2.49 bits per heavy atom. The number of hydrogen-bond donors (Lipinski definition) is 3. The molecule has 1 aromatic rings. The third-order valence-electron chi connectivity index (χ3n) is 8.97. The largest absolute Gasteiger partial charge is 0.378 e. The predicted octanol–water partition coefficient (Wildman–Crippen LogP) is 1.76. The van der Waals surface area contributed by atoms with Gasteiger partial charge in [-0.2, -0.15) is 5.10 Å². The molecule has 1 aliphatic heterocycles. The first-order chi connectivity index (χ1) is 17.6. The lowest BCUT2D eigenvalue weighted by molar-refractivity contribution is -0.145. The van der Waals surface area contributed by atoms with Gasteiger partial charge in [-0.05, 0) is 70.6 Å². The summed E-state index contributed by atoms with van der Waals surface area (Å²) in [5, 5.41) is 10.7. The fraction of sp³-hybridized carbons (Fsp3) is 0.704. The SMILES string of the molecule is CCNC(=O)C(C)(C)C=Cn1ncc(C(=O)NC2C3CC4CC2CC(C(N)=O)(C4)C3)c1N1CCOCC1. The van der Waals surface area contributed by atoms with Crippen LogP contribution in [0.15, 0.2) is 12.3 Å². The second kappa shape index (κ2) is 9.78. The van der Waals surface area contributed by atoms with Crippen LogP contribution in [-0.4, -0.2) is 66.4 Å². The van der Waals surface area contributed by atoms with Gasteiger partial charge in [0.05, 0.1) is 24.8 Å². The smallest absolute Gasteiger partial charge is 0.256 e. The van der Waals surface area contributed by atoms with E-state index in [-0.39, 0.29) is 41.0 Å². The van der Waals surface area contributed by atoms with E-state index in [1.165, 1.54) is 0 Å². The Labute approximate surface area is 218 Å². The molecule has 1 saturated heterocycles. The number of carbonyl (C=O) groups is 3. The maximum absolute atomic E-state index is 13.7. The van der Waals surface area contributed by atoms with E-state index < -0.39 is 5.41 Å². The van der Waals surface area contributed by atoms with Crippen molar-refractivity contribution in [2.75, 3.05) is 37.7 Å². The highest BCUT2D eigenvalue weighted by Gasteiger charge is 2.58. The summed E-state index contributed by atoms with van der Waals surface area (Å²) in [4.78, 5) is 40.6. The lowest BCUT2D eigenvalue weighted by Crippen LogP contribution is -2.62. The highest BCUT2D eigenvalue weighted by Crippen LogP contribution is 2.60. The van der Waals surface area contributed by atoms with E-state index in [2.05, 4.69) is 20.6 Å². The number of morpholine rings is 1. The normalized spacial score (nSPS) is 31.1. The number of hydrogen-bond acceptors (Lipinski definition) is 6. The number of amides is 3. The van der Waals surface area contributed by atoms with Crippen LogP contribution in [0.1, 0.15) is 63.2 Å². The summed E-state index contributed by atoms with van der Waals surface area (Å²) in [5.74, 6) is 1.42. The van der Waals surface area contributed by atoms with Crippen LogP contribution in [0.5, 0.6) is 0 Å². The Kier molecular flexibility index (Phi) is 6.81. The maximum atomic E-state index is 13.7. The minimum absolute atomic E-state index is 0.0460. The van der Waals surface area contributed by atoms with Crippen LogP contribution in [0.3, 0.4) is 0 Å². The van der Waals surface area contributed by atoms with Crippen LogP contribution >= 0.6 is 0 Å². The van der Waals surface area contributed by atoms with Crippen molar-refractivity contribution in [1.29, 1.82) is 0 Å². The number of primary amides is 1. The summed E-state index contributed by atoms with van der Waals surface area (Å²) in [5.41, 5.74) is 5.24. The van der Waals surface area contributed by atoms with E-state index in [0.29, 0.717) is 50.1 Å².